The van der Waals surface area contributed by atoms with Gasteiger partial charge in [0.1, 0.15) is 0 Å². The van der Waals surface area contributed by atoms with E-state index < -0.39 is 0 Å². The van der Waals surface area contributed by atoms with E-state index in [-0.39, 0.29) is 46.3 Å². The monoisotopic (exact) mass is 367 g/mol. The Morgan fingerprint density at radius 1 is 1.00 bits per heavy atom. The van der Waals surface area contributed by atoms with E-state index in [0.717, 1.165) is 4.48 Å². The van der Waals surface area contributed by atoms with Gasteiger partial charge in [-0.15, -0.1) is 0 Å². The van der Waals surface area contributed by atoms with Gasteiger partial charge in [-0.05, 0) is 18.9 Å². The molecule has 0 aliphatic rings. The summed E-state index contributed by atoms with van der Waals surface area (Å²) < 4.78 is 1.06. The first-order valence-corrected chi connectivity index (χ1v) is 5.33. The van der Waals surface area contributed by atoms with Crippen LogP contribution in [-0.2, 0) is 6.42 Å². The van der Waals surface area contributed by atoms with E-state index in [1.54, 1.807) is 0 Å². The van der Waals surface area contributed by atoms with Crippen molar-refractivity contribution in [3.05, 3.63) is 35.4 Å². The van der Waals surface area contributed by atoms with E-state index in [2.05, 4.69) is 52.3 Å². The number of rotatable bonds is 4. The molecule has 0 radical (unpaired) electrons. The maximum atomic E-state index is 2.29. The highest BCUT2D eigenvalue weighted by atomic mass is 127. The van der Waals surface area contributed by atoms with Gasteiger partial charge < -0.3 is 28.5 Å². The fourth-order valence-electron chi connectivity index (χ4n) is 1.63. The number of nitrogens with zero attached hydrogens (tertiary/aromatic N) is 1. The van der Waals surface area contributed by atoms with Gasteiger partial charge in [0.25, 0.3) is 0 Å². The molecule has 18 heavy (non-hydrogen) atoms. The first kappa shape index (κ1) is 26.5. The average molecular weight is 367 g/mol. The summed E-state index contributed by atoms with van der Waals surface area (Å²) in [4.78, 5) is 0. The van der Waals surface area contributed by atoms with Crippen molar-refractivity contribution in [3.8, 4) is 0 Å². The first-order chi connectivity index (χ1) is 6.47. The summed E-state index contributed by atoms with van der Waals surface area (Å²) >= 11 is 0. The molecule has 0 bridgehead atoms. The molecule has 0 aliphatic carbocycles. The Morgan fingerprint density at radius 2 is 1.56 bits per heavy atom. The largest absolute Gasteiger partial charge is 1.00 e. The predicted molar refractivity (Wildman–Crippen MR) is 82.6 cm³/mol. The molecule has 1 nitrogen and oxygen atoms in total. The lowest BCUT2D eigenvalue weighted by Crippen LogP contribution is -3.00. The molecule has 0 spiro atoms. The third kappa shape index (κ3) is 12.4. The van der Waals surface area contributed by atoms with Crippen molar-refractivity contribution in [3.63, 3.8) is 0 Å². The Hall–Kier alpha value is -0.0900. The van der Waals surface area contributed by atoms with Crippen molar-refractivity contribution < 1.29 is 28.5 Å². The van der Waals surface area contributed by atoms with Crippen LogP contribution in [0.5, 0.6) is 0 Å². The van der Waals surface area contributed by atoms with Crippen molar-refractivity contribution in [1.82, 2.24) is 0 Å². The SMILES string of the molecule is C.C.C.Cc1cccc(CCC[N+](C)(C)C)c1.[I-]. The molecule has 2 heteroatoms. The molecule has 0 N–H and O–H groups in total. The van der Waals surface area contributed by atoms with Gasteiger partial charge >= 0.3 is 0 Å². The van der Waals surface area contributed by atoms with E-state index >= 15 is 0 Å². The minimum Gasteiger partial charge on any atom is -1.00 e. The zero-order chi connectivity index (χ0) is 10.6. The van der Waals surface area contributed by atoms with E-state index in [9.17, 15) is 0 Å². The standard InChI is InChI=1S/C13H22N.3CH4.HI/c1-12-7-5-8-13(11-12)9-6-10-14(2,3)4;;;;/h5,7-8,11H,6,9-10H2,1-4H3;3*1H4;1H/q+1;;;;/p-1. The molecule has 0 amide bonds. The van der Waals surface area contributed by atoms with Crippen LogP contribution in [0.4, 0.5) is 0 Å². The molecule has 0 aromatic heterocycles. The number of benzene rings is 1. The molecule has 0 atom stereocenters. The molecule has 1 rings (SSSR count). The topological polar surface area (TPSA) is 0 Å². The smallest absolute Gasteiger partial charge is 0.0783 e. The van der Waals surface area contributed by atoms with Crippen LogP contribution in [-0.4, -0.2) is 32.2 Å². The van der Waals surface area contributed by atoms with Crippen LogP contribution in [0, 0.1) is 6.92 Å². The lowest BCUT2D eigenvalue weighted by molar-refractivity contribution is -0.870. The molecular weight excluding hydrogens is 333 g/mol. The predicted octanol–water partition coefficient (Wildman–Crippen LogP) is 1.55. The molecular formula is C16H34IN. The van der Waals surface area contributed by atoms with Crippen LogP contribution in [0.1, 0.15) is 39.8 Å². The lowest BCUT2D eigenvalue weighted by atomic mass is 10.1. The van der Waals surface area contributed by atoms with Crippen LogP contribution < -0.4 is 24.0 Å². The number of hydrogen-bond donors (Lipinski definition) is 0. The fraction of sp³-hybridized carbons (Fsp3) is 0.625. The van der Waals surface area contributed by atoms with Crippen molar-refractivity contribution in [2.24, 2.45) is 0 Å². The van der Waals surface area contributed by atoms with Gasteiger partial charge in [0, 0.05) is 6.42 Å². The normalized spacial score (nSPS) is 9.11. The molecule has 0 heterocycles. The van der Waals surface area contributed by atoms with Gasteiger partial charge in [-0.2, -0.15) is 0 Å². The van der Waals surface area contributed by atoms with Gasteiger partial charge in [0.15, 0.2) is 0 Å². The minimum atomic E-state index is 0. The van der Waals surface area contributed by atoms with Crippen LogP contribution >= 0.6 is 0 Å². The Balaban J connectivity index is -0.000000245. The van der Waals surface area contributed by atoms with Crippen LogP contribution in [0.3, 0.4) is 0 Å². The summed E-state index contributed by atoms with van der Waals surface area (Å²) in [7, 11) is 6.74. The second kappa shape index (κ2) is 12.0. The molecule has 0 saturated heterocycles. The highest BCUT2D eigenvalue weighted by Crippen LogP contribution is 2.07. The van der Waals surface area contributed by atoms with Crippen LogP contribution in [0.2, 0.25) is 0 Å². The zero-order valence-corrected chi connectivity index (χ0v) is 12.4. The number of quaternary nitrogens is 1. The molecule has 0 unspecified atom stereocenters. The second-order valence-electron chi connectivity index (χ2n) is 5.11. The minimum absolute atomic E-state index is 0. The first-order valence-electron chi connectivity index (χ1n) is 5.33. The molecule has 1 aromatic carbocycles. The van der Waals surface area contributed by atoms with Crippen molar-refractivity contribution in [2.45, 2.75) is 42.0 Å². The maximum absolute atomic E-state index is 2.29. The molecule has 0 saturated carbocycles. The number of halogens is 1. The average Bonchev–Trinajstić information content (AvgIpc) is 2.01. The van der Waals surface area contributed by atoms with Crippen LogP contribution in [0.15, 0.2) is 24.3 Å². The Kier molecular flexibility index (Phi) is 17.6. The maximum Gasteiger partial charge on any atom is 0.0783 e. The lowest BCUT2D eigenvalue weighted by Gasteiger charge is -2.23. The highest BCUT2D eigenvalue weighted by Gasteiger charge is 2.05. The summed E-state index contributed by atoms with van der Waals surface area (Å²) in [5.41, 5.74) is 2.84. The number of aryl methyl sites for hydroxylation is 2. The summed E-state index contributed by atoms with van der Waals surface area (Å²) in [6, 6.07) is 8.82. The Morgan fingerprint density at radius 3 is 2.00 bits per heavy atom. The van der Waals surface area contributed by atoms with E-state index in [1.165, 1.54) is 30.5 Å². The van der Waals surface area contributed by atoms with Gasteiger partial charge in [0.2, 0.25) is 0 Å². The van der Waals surface area contributed by atoms with E-state index in [1.807, 2.05) is 0 Å². The van der Waals surface area contributed by atoms with Crippen molar-refractivity contribution in [1.29, 1.82) is 0 Å². The molecule has 0 aliphatic heterocycles. The number of hydrogen-bond acceptors (Lipinski definition) is 0. The third-order valence-corrected chi connectivity index (χ3v) is 2.38. The van der Waals surface area contributed by atoms with E-state index in [4.69, 9.17) is 0 Å². The molecule has 0 fully saturated rings. The fourth-order valence-corrected chi connectivity index (χ4v) is 1.63. The Labute approximate surface area is 133 Å². The summed E-state index contributed by atoms with van der Waals surface area (Å²) in [5.74, 6) is 0. The zero-order valence-electron chi connectivity index (χ0n) is 10.3. The third-order valence-electron chi connectivity index (χ3n) is 2.38. The van der Waals surface area contributed by atoms with Gasteiger partial charge in [0.05, 0.1) is 27.7 Å². The summed E-state index contributed by atoms with van der Waals surface area (Å²) in [6.07, 6.45) is 2.48. The second-order valence-corrected chi connectivity index (χ2v) is 5.11. The quantitative estimate of drug-likeness (QED) is 0.560. The Bertz CT molecular complexity index is 289. The van der Waals surface area contributed by atoms with Crippen LogP contribution in [0.25, 0.3) is 0 Å². The molecule has 110 valence electrons. The van der Waals surface area contributed by atoms with Gasteiger partial charge in [-0.25, -0.2) is 0 Å². The van der Waals surface area contributed by atoms with Gasteiger partial charge in [-0.1, -0.05) is 52.1 Å². The summed E-state index contributed by atoms with van der Waals surface area (Å²) in [5, 5.41) is 0. The van der Waals surface area contributed by atoms with Crippen molar-refractivity contribution >= 4 is 0 Å². The molecule has 1 aromatic rings. The highest BCUT2D eigenvalue weighted by molar-refractivity contribution is 5.22. The van der Waals surface area contributed by atoms with Crippen molar-refractivity contribution in [2.75, 3.05) is 27.7 Å². The van der Waals surface area contributed by atoms with Gasteiger partial charge in [-0.3, -0.25) is 0 Å². The van der Waals surface area contributed by atoms with E-state index in [0.29, 0.717) is 0 Å². The summed E-state index contributed by atoms with van der Waals surface area (Å²) in [6.45, 7) is 3.40.